The molecule has 0 bridgehead atoms. The summed E-state index contributed by atoms with van der Waals surface area (Å²) in [5, 5.41) is 39.8. The van der Waals surface area contributed by atoms with Crippen LogP contribution in [-0.2, 0) is 67.1 Å². The molecule has 1 unspecified atom stereocenters. The molecule has 0 saturated heterocycles. The molecule has 0 fully saturated rings. The summed E-state index contributed by atoms with van der Waals surface area (Å²) in [4.78, 5) is 187. The fourth-order valence-corrected chi connectivity index (χ4v) is 8.30. The number of amides is 13. The van der Waals surface area contributed by atoms with Crippen LogP contribution in [0.25, 0.3) is 0 Å². The van der Waals surface area contributed by atoms with Gasteiger partial charge in [0.25, 0.3) is 0 Å². The molecule has 0 aromatic rings. The molecule has 0 aliphatic carbocycles. The molecule has 0 aromatic carbocycles. The zero-order chi connectivity index (χ0) is 67.4. The number of urea groups is 1. The monoisotopic (exact) mass is 1250 g/mol. The van der Waals surface area contributed by atoms with E-state index in [1.807, 2.05) is 13.8 Å². The van der Waals surface area contributed by atoms with E-state index in [1.165, 1.54) is 27.7 Å². The number of carbonyl (C=O) groups excluding carboxylic acids is 13. The van der Waals surface area contributed by atoms with Crippen molar-refractivity contribution in [3.63, 3.8) is 0 Å². The van der Waals surface area contributed by atoms with Gasteiger partial charge < -0.3 is 90.8 Å². The molecule has 13 amide bonds. The summed E-state index contributed by atoms with van der Waals surface area (Å²) >= 11 is 0. The molecule has 0 heterocycles. The highest BCUT2D eigenvalue weighted by Crippen LogP contribution is 2.13. The molecule has 0 radical (unpaired) electrons. The van der Waals surface area contributed by atoms with E-state index < -0.39 is 144 Å². The van der Waals surface area contributed by atoms with Gasteiger partial charge >= 0.3 is 12.0 Å². The molecule has 88 heavy (non-hydrogen) atoms. The number of aliphatic carboxylic acids is 1. The van der Waals surface area contributed by atoms with Gasteiger partial charge in [-0.25, -0.2) is 4.79 Å². The molecule has 0 aliphatic heterocycles. The minimum Gasteiger partial charge on any atom is -0.481 e. The van der Waals surface area contributed by atoms with Gasteiger partial charge in [0.05, 0.1) is 26.2 Å². The fraction of sp³-hybridized carbons (Fsp3) is 0.732. The first-order chi connectivity index (χ1) is 41.0. The Morgan fingerprint density at radius 1 is 0.523 bits per heavy atom. The van der Waals surface area contributed by atoms with Gasteiger partial charge in [-0.1, -0.05) is 55.4 Å². The molecule has 0 saturated carbocycles. The van der Waals surface area contributed by atoms with Crippen molar-refractivity contribution >= 4 is 88.7 Å². The van der Waals surface area contributed by atoms with E-state index in [4.69, 9.17) is 21.9 Å². The first-order valence-corrected chi connectivity index (χ1v) is 29.7. The van der Waals surface area contributed by atoms with Crippen LogP contribution in [0.3, 0.4) is 0 Å². The second kappa shape index (κ2) is 41.8. The zero-order valence-electron chi connectivity index (χ0n) is 53.1. The number of rotatable bonds is 44. The van der Waals surface area contributed by atoms with Gasteiger partial charge in [0.15, 0.2) is 5.96 Å². The molecule has 0 spiro atoms. The Bertz CT molecular complexity index is 2400. The minimum absolute atomic E-state index is 0.00384. The van der Waals surface area contributed by atoms with Crippen LogP contribution < -0.4 is 81.0 Å². The summed E-state index contributed by atoms with van der Waals surface area (Å²) < 4.78 is 5.44. The van der Waals surface area contributed by atoms with Crippen molar-refractivity contribution in [1.29, 1.82) is 0 Å². The van der Waals surface area contributed by atoms with Gasteiger partial charge in [-0.3, -0.25) is 67.3 Å². The van der Waals surface area contributed by atoms with Crippen LogP contribution in [-0.4, -0.2) is 187 Å². The summed E-state index contributed by atoms with van der Waals surface area (Å²) in [6, 6.07) is -11.4. The molecule has 0 aromatic heterocycles. The van der Waals surface area contributed by atoms with Crippen molar-refractivity contribution in [3.8, 4) is 0 Å². The topological polar surface area (TPSA) is 503 Å². The maximum atomic E-state index is 14.2. The number of ketones is 1. The summed E-state index contributed by atoms with van der Waals surface area (Å²) in [5.74, 6) is -11.1. The Morgan fingerprint density at radius 2 is 1.01 bits per heavy atom. The van der Waals surface area contributed by atoms with Gasteiger partial charge in [0.2, 0.25) is 65.0 Å². The summed E-state index contributed by atoms with van der Waals surface area (Å²) in [7, 11) is 0. The number of guanidine groups is 1. The zero-order valence-corrected chi connectivity index (χ0v) is 53.1. The predicted molar refractivity (Wildman–Crippen MR) is 323 cm³/mol. The number of carboxylic acids is 1. The molecule has 0 aliphatic rings. The van der Waals surface area contributed by atoms with E-state index in [9.17, 15) is 72.2 Å². The number of Topliss-reactive ketones (excluding diaryl/α,β-unsaturated/α-hetero) is 1. The van der Waals surface area contributed by atoms with E-state index in [0.717, 1.165) is 0 Å². The third kappa shape index (κ3) is 34.8. The van der Waals surface area contributed by atoms with Crippen LogP contribution in [0.15, 0.2) is 4.99 Å². The first-order valence-electron chi connectivity index (χ1n) is 29.7. The minimum atomic E-state index is -1.76. The van der Waals surface area contributed by atoms with Crippen LogP contribution >= 0.6 is 0 Å². The maximum Gasteiger partial charge on any atom is 0.312 e. The highest BCUT2D eigenvalue weighted by molar-refractivity contribution is 5.99. The quantitative estimate of drug-likeness (QED) is 0.0164. The number of hydrogen-bond acceptors (Lipinski definition) is 16. The average Bonchev–Trinajstić information content (AvgIpc) is 3.24. The van der Waals surface area contributed by atoms with Gasteiger partial charge in [-0.2, -0.15) is 0 Å². The number of nitrogens with zero attached hydrogens (tertiary/aromatic N) is 1. The smallest absolute Gasteiger partial charge is 0.312 e. The second-order valence-corrected chi connectivity index (χ2v) is 23.0. The third-order valence-electron chi connectivity index (χ3n) is 13.0. The van der Waals surface area contributed by atoms with Crippen LogP contribution in [0.5, 0.6) is 0 Å². The molecule has 500 valence electrons. The van der Waals surface area contributed by atoms with Gasteiger partial charge in [0.1, 0.15) is 59.7 Å². The molecule has 32 nitrogen and oxygen atoms in total. The Balaban J connectivity index is 6.26. The summed E-state index contributed by atoms with van der Waals surface area (Å²) in [5.41, 5.74) is 14.2. The lowest BCUT2D eigenvalue weighted by atomic mass is 9.98. The lowest BCUT2D eigenvalue weighted by Gasteiger charge is -2.31. The number of carbonyl (C=O) groups is 14. The second-order valence-electron chi connectivity index (χ2n) is 23.0. The van der Waals surface area contributed by atoms with Gasteiger partial charge in [0, 0.05) is 39.4 Å². The van der Waals surface area contributed by atoms with Gasteiger partial charge in [-0.15, -0.1) is 0 Å². The van der Waals surface area contributed by atoms with Gasteiger partial charge in [-0.05, 0) is 89.9 Å². The number of carboxylic acid groups (broad SMARTS) is 1. The molecule has 32 heteroatoms. The first kappa shape index (κ1) is 79.8. The number of ether oxygens (including phenoxy) is 1. The van der Waals surface area contributed by atoms with E-state index in [0.29, 0.717) is 6.42 Å². The normalized spacial score (nSPS) is 13.9. The number of aliphatic imine (C=N–C) groups is 1. The van der Waals surface area contributed by atoms with Crippen molar-refractivity contribution in [2.45, 2.75) is 208 Å². The van der Waals surface area contributed by atoms with Crippen molar-refractivity contribution in [3.05, 3.63) is 0 Å². The lowest BCUT2D eigenvalue weighted by molar-refractivity contribution is -0.141. The van der Waals surface area contributed by atoms with E-state index in [1.54, 1.807) is 41.5 Å². The molecular formula is C56H100N16O16. The molecule has 0 rings (SSSR count). The average molecular weight is 1250 g/mol. The van der Waals surface area contributed by atoms with Crippen LogP contribution in [0.2, 0.25) is 0 Å². The predicted octanol–water partition coefficient (Wildman–Crippen LogP) is -3.06. The Hall–Kier alpha value is -8.19. The van der Waals surface area contributed by atoms with Crippen molar-refractivity contribution in [2.75, 3.05) is 39.4 Å². The van der Waals surface area contributed by atoms with Crippen molar-refractivity contribution in [1.82, 2.24) is 63.8 Å². The van der Waals surface area contributed by atoms with Crippen LogP contribution in [0.4, 0.5) is 4.79 Å². The molecule has 19 N–H and O–H groups in total. The summed E-state index contributed by atoms with van der Waals surface area (Å²) in [6.07, 6.45) is 0.245. The number of nitrogens with one attached hydrogen (secondary N) is 12. The largest absolute Gasteiger partial charge is 0.481 e. The van der Waals surface area contributed by atoms with Crippen molar-refractivity contribution < 1.29 is 77.0 Å². The Labute approximate surface area is 514 Å². The molecule has 8 atom stereocenters. The number of hydrogen-bond donors (Lipinski definition) is 16. The Kier molecular flexibility index (Phi) is 37.9. The highest BCUT2D eigenvalue weighted by Gasteiger charge is 2.37. The number of primary amides is 1. The van der Waals surface area contributed by atoms with Crippen LogP contribution in [0, 0.1) is 17.8 Å². The van der Waals surface area contributed by atoms with E-state index in [2.05, 4.69) is 68.8 Å². The van der Waals surface area contributed by atoms with Crippen LogP contribution in [0.1, 0.15) is 154 Å². The SMILES string of the molecule is CCC(=O)CCOCCNC(=O)[C@H](CC(C)C)NC(=O)C(C)(C)NC(=O)[C@H](CCCNC(N)=O)NC(=O)[C@H](CC(C)C)NC(=O)[C@H](CC)NC(=O)[C@H](C)NC(=O)[C@H](CC(C)C)NC(=O)C(CC(=O)O)NC(=O)CNC(=O)[C@H](CCCN=C(N)N)NC(C)=O. The highest BCUT2D eigenvalue weighted by atomic mass is 16.5. The summed E-state index contributed by atoms with van der Waals surface area (Å²) in [6.45, 7) is 19.1. The third-order valence-corrected chi connectivity index (χ3v) is 13.0. The maximum absolute atomic E-state index is 14.2. The van der Waals surface area contributed by atoms with E-state index >= 15 is 0 Å². The van der Waals surface area contributed by atoms with E-state index in [-0.39, 0.29) is 120 Å². The standard InChI is InChI=1S/C56H100N16O16/c1-13-35(74)19-23-88-24-22-60-47(80)39(25-30(3)4)71-53(86)56(11,12)72-52(85)38(18-16-21-62-55(59)87)68-50(83)41(27-32(7)8)69-48(81)36(14-2)67-45(78)33(9)64-49(82)40(26-31(5)6)70-51(84)42(28-44(76)77)66-43(75)29-63-46(79)37(65-34(10)73)17-15-20-61-54(57)58/h30-33,36-42H,13-29H2,1-12H3,(H,60,80)(H,63,79)(H,64,82)(H,65,73)(H,66,75)(H,67,78)(H,68,83)(H,69,81)(H,70,84)(H,71,86)(H,72,85)(H,76,77)(H4,57,58,61)(H3,59,62,87)/t33-,36-,37-,38-,39-,40-,41-,42?/m0/s1. The fourth-order valence-electron chi connectivity index (χ4n) is 8.30. The molecular weight excluding hydrogens is 1150 g/mol. The number of nitrogens with two attached hydrogens (primary N) is 3. The lowest BCUT2D eigenvalue weighted by Crippen LogP contribution is -2.63. The Morgan fingerprint density at radius 3 is 1.52 bits per heavy atom. The van der Waals surface area contributed by atoms with Crippen molar-refractivity contribution in [2.24, 2.45) is 39.9 Å².